The van der Waals surface area contributed by atoms with Crippen LogP contribution in [0.2, 0.25) is 0 Å². The van der Waals surface area contributed by atoms with E-state index in [4.69, 9.17) is 9.84 Å². The molecule has 0 aliphatic carbocycles. The van der Waals surface area contributed by atoms with Gasteiger partial charge < -0.3 is 14.7 Å². The summed E-state index contributed by atoms with van der Waals surface area (Å²) in [4.78, 5) is 23.8. The van der Waals surface area contributed by atoms with E-state index in [1.807, 2.05) is 6.92 Å². The van der Waals surface area contributed by atoms with Gasteiger partial charge in [0, 0.05) is 26.1 Å². The third-order valence-electron chi connectivity index (χ3n) is 2.68. The second-order valence-electron chi connectivity index (χ2n) is 4.14. The van der Waals surface area contributed by atoms with Crippen molar-refractivity contribution in [3.05, 3.63) is 0 Å². The molecule has 1 amide bonds. The van der Waals surface area contributed by atoms with Crippen LogP contribution in [0.15, 0.2) is 0 Å². The lowest BCUT2D eigenvalue weighted by atomic mass is 10.1. The van der Waals surface area contributed by atoms with Gasteiger partial charge in [-0.1, -0.05) is 6.92 Å². The minimum atomic E-state index is -0.790. The number of nitrogens with zero attached hydrogens (tertiary/aromatic N) is 1. The summed E-state index contributed by atoms with van der Waals surface area (Å²) < 4.78 is 5.17. The predicted octanol–water partition coefficient (Wildman–Crippen LogP) is 0.736. The van der Waals surface area contributed by atoms with Gasteiger partial charge >= 0.3 is 5.97 Å². The Balaban J connectivity index is 2.24. The predicted molar refractivity (Wildman–Crippen MR) is 58.0 cm³/mol. The van der Waals surface area contributed by atoms with Gasteiger partial charge in [-0.15, -0.1) is 0 Å². The van der Waals surface area contributed by atoms with Crippen molar-refractivity contribution >= 4 is 11.9 Å². The lowest BCUT2D eigenvalue weighted by Crippen LogP contribution is -2.32. The number of ether oxygens (including phenoxy) is 1. The smallest absolute Gasteiger partial charge is 0.303 e. The van der Waals surface area contributed by atoms with E-state index >= 15 is 0 Å². The number of amides is 1. The summed E-state index contributed by atoms with van der Waals surface area (Å²) in [5, 5.41) is 8.64. The fourth-order valence-corrected chi connectivity index (χ4v) is 1.87. The van der Waals surface area contributed by atoms with Gasteiger partial charge in [-0.3, -0.25) is 9.59 Å². The molecule has 1 aliphatic heterocycles. The van der Waals surface area contributed by atoms with Crippen molar-refractivity contribution in [2.45, 2.75) is 26.2 Å². The van der Waals surface area contributed by atoms with Crippen molar-refractivity contribution in [2.75, 3.05) is 26.3 Å². The van der Waals surface area contributed by atoms with Gasteiger partial charge in [-0.25, -0.2) is 0 Å². The molecule has 92 valence electrons. The second kappa shape index (κ2) is 6.48. The Labute approximate surface area is 95.4 Å². The first-order chi connectivity index (χ1) is 7.63. The Morgan fingerprint density at radius 3 is 2.88 bits per heavy atom. The summed E-state index contributed by atoms with van der Waals surface area (Å²) >= 11 is 0. The highest BCUT2D eigenvalue weighted by Crippen LogP contribution is 2.19. The highest BCUT2D eigenvalue weighted by atomic mass is 16.5. The van der Waals surface area contributed by atoms with Crippen LogP contribution in [0.25, 0.3) is 0 Å². The molecule has 1 rings (SSSR count). The normalized spacial score (nSPS) is 20.1. The molecule has 1 N–H and O–H groups in total. The molecule has 5 heteroatoms. The van der Waals surface area contributed by atoms with Gasteiger partial charge in [0.1, 0.15) is 6.61 Å². The molecule has 0 aromatic rings. The molecule has 1 aliphatic rings. The molecule has 0 aromatic carbocycles. The molecule has 0 bridgehead atoms. The number of carbonyl (C=O) groups excluding carboxylic acids is 1. The Kier molecular flexibility index (Phi) is 5.25. The molecule has 0 aromatic heterocycles. The van der Waals surface area contributed by atoms with Crippen LogP contribution >= 0.6 is 0 Å². The van der Waals surface area contributed by atoms with E-state index in [1.165, 1.54) is 0 Å². The van der Waals surface area contributed by atoms with E-state index in [2.05, 4.69) is 0 Å². The van der Waals surface area contributed by atoms with Gasteiger partial charge in [0.15, 0.2) is 0 Å². The molecule has 1 fully saturated rings. The third kappa shape index (κ3) is 4.18. The summed E-state index contributed by atoms with van der Waals surface area (Å²) in [5.41, 5.74) is 0. The van der Waals surface area contributed by atoms with Crippen LogP contribution in [0.3, 0.4) is 0 Å². The van der Waals surface area contributed by atoms with Gasteiger partial charge in [-0.05, 0) is 18.8 Å². The zero-order chi connectivity index (χ0) is 12.0. The molecule has 5 nitrogen and oxygen atoms in total. The summed E-state index contributed by atoms with van der Waals surface area (Å²) in [6, 6.07) is 0. The second-order valence-corrected chi connectivity index (χ2v) is 4.14. The number of carbonyl (C=O) groups is 2. The third-order valence-corrected chi connectivity index (χ3v) is 2.68. The SMILES string of the molecule is CCCOCC(=O)N1CCC(CC(=O)O)C1. The van der Waals surface area contributed by atoms with Crippen molar-refractivity contribution < 1.29 is 19.4 Å². The van der Waals surface area contributed by atoms with E-state index < -0.39 is 5.97 Å². The van der Waals surface area contributed by atoms with E-state index in [9.17, 15) is 9.59 Å². The average molecular weight is 229 g/mol. The molecule has 0 radical (unpaired) electrons. The minimum absolute atomic E-state index is 0.0265. The van der Waals surface area contributed by atoms with E-state index in [-0.39, 0.29) is 24.9 Å². The van der Waals surface area contributed by atoms with Crippen LogP contribution < -0.4 is 0 Å². The largest absolute Gasteiger partial charge is 0.481 e. The fraction of sp³-hybridized carbons (Fsp3) is 0.818. The molecule has 1 atom stereocenters. The van der Waals surface area contributed by atoms with Gasteiger partial charge in [-0.2, -0.15) is 0 Å². The fourth-order valence-electron chi connectivity index (χ4n) is 1.87. The van der Waals surface area contributed by atoms with Crippen LogP contribution in [0.5, 0.6) is 0 Å². The summed E-state index contributed by atoms with van der Waals surface area (Å²) in [6.07, 6.45) is 1.83. The Morgan fingerprint density at radius 1 is 1.50 bits per heavy atom. The first-order valence-corrected chi connectivity index (χ1v) is 5.70. The number of likely N-dealkylation sites (tertiary alicyclic amines) is 1. The van der Waals surface area contributed by atoms with Crippen LogP contribution in [0, 0.1) is 5.92 Å². The van der Waals surface area contributed by atoms with Crippen LogP contribution in [0.1, 0.15) is 26.2 Å². The molecule has 0 saturated carbocycles. The molecule has 1 heterocycles. The first kappa shape index (κ1) is 13.0. The monoisotopic (exact) mass is 229 g/mol. The quantitative estimate of drug-likeness (QED) is 0.682. The van der Waals surface area contributed by atoms with Gasteiger partial charge in [0.2, 0.25) is 5.91 Å². The molecular weight excluding hydrogens is 210 g/mol. The van der Waals surface area contributed by atoms with Crippen LogP contribution in [-0.2, 0) is 14.3 Å². The summed E-state index contributed by atoms with van der Waals surface area (Å²) in [7, 11) is 0. The Hall–Kier alpha value is -1.10. The number of carboxylic acids is 1. The number of hydrogen-bond donors (Lipinski definition) is 1. The highest BCUT2D eigenvalue weighted by molar-refractivity contribution is 5.78. The van der Waals surface area contributed by atoms with Crippen LogP contribution in [0.4, 0.5) is 0 Å². The van der Waals surface area contributed by atoms with Gasteiger partial charge in [0.25, 0.3) is 0 Å². The van der Waals surface area contributed by atoms with Gasteiger partial charge in [0.05, 0.1) is 0 Å². The lowest BCUT2D eigenvalue weighted by molar-refractivity contribution is -0.139. The van der Waals surface area contributed by atoms with Crippen molar-refractivity contribution in [3.8, 4) is 0 Å². The number of carboxylic acid groups (broad SMARTS) is 1. The zero-order valence-electron chi connectivity index (χ0n) is 9.65. The lowest BCUT2D eigenvalue weighted by Gasteiger charge is -2.16. The summed E-state index contributed by atoms with van der Waals surface area (Å²) in [6.45, 7) is 3.92. The van der Waals surface area contributed by atoms with Crippen molar-refractivity contribution in [3.63, 3.8) is 0 Å². The number of rotatable bonds is 6. The zero-order valence-corrected chi connectivity index (χ0v) is 9.65. The van der Waals surface area contributed by atoms with Crippen molar-refractivity contribution in [2.24, 2.45) is 5.92 Å². The van der Waals surface area contributed by atoms with Crippen molar-refractivity contribution in [1.29, 1.82) is 0 Å². The maximum atomic E-state index is 11.6. The topological polar surface area (TPSA) is 66.8 Å². The van der Waals surface area contributed by atoms with E-state index in [0.717, 1.165) is 12.8 Å². The molecule has 1 unspecified atom stereocenters. The van der Waals surface area contributed by atoms with E-state index in [1.54, 1.807) is 4.90 Å². The van der Waals surface area contributed by atoms with E-state index in [0.29, 0.717) is 19.7 Å². The number of aliphatic carboxylic acids is 1. The molecule has 0 spiro atoms. The Bertz CT molecular complexity index is 254. The summed E-state index contributed by atoms with van der Waals surface area (Å²) in [5.74, 6) is -0.713. The molecule has 1 saturated heterocycles. The Morgan fingerprint density at radius 2 is 2.25 bits per heavy atom. The highest BCUT2D eigenvalue weighted by Gasteiger charge is 2.27. The van der Waals surface area contributed by atoms with Crippen LogP contribution in [-0.4, -0.2) is 48.2 Å². The number of hydrogen-bond acceptors (Lipinski definition) is 3. The maximum absolute atomic E-state index is 11.6. The average Bonchev–Trinajstić information content (AvgIpc) is 2.65. The maximum Gasteiger partial charge on any atom is 0.303 e. The molecular formula is C11H19NO4. The first-order valence-electron chi connectivity index (χ1n) is 5.70. The minimum Gasteiger partial charge on any atom is -0.481 e. The van der Waals surface area contributed by atoms with Crippen molar-refractivity contribution in [1.82, 2.24) is 4.90 Å². The molecule has 16 heavy (non-hydrogen) atoms. The standard InChI is InChI=1S/C11H19NO4/c1-2-5-16-8-10(13)12-4-3-9(7-12)6-11(14)15/h9H,2-8H2,1H3,(H,14,15).